The molecule has 2 fully saturated rings. The maximum Gasteiger partial charge on any atom is 0.490 e. The van der Waals surface area contributed by atoms with E-state index in [9.17, 15) is 26.7 Å². The molecule has 1 saturated heterocycles. The van der Waals surface area contributed by atoms with Gasteiger partial charge in [-0.25, -0.2) is 13.2 Å². The summed E-state index contributed by atoms with van der Waals surface area (Å²) in [6.45, 7) is 3.40. The normalized spacial score (nSPS) is 20.7. The SMILES string of the molecule is CC1(NCC2(O)CCN(S(=O)(=O)c3ccc(Br)cc3)CC2)CC1.O=C(O)C(F)(F)F. The van der Waals surface area contributed by atoms with Gasteiger partial charge >= 0.3 is 12.1 Å². The Morgan fingerprint density at radius 1 is 1.17 bits per heavy atom. The zero-order valence-electron chi connectivity index (χ0n) is 16.2. The molecule has 1 aliphatic carbocycles. The van der Waals surface area contributed by atoms with Crippen LogP contribution in [-0.2, 0) is 14.8 Å². The van der Waals surface area contributed by atoms with Gasteiger partial charge in [-0.1, -0.05) is 15.9 Å². The van der Waals surface area contributed by atoms with Gasteiger partial charge in [0, 0.05) is 29.6 Å². The summed E-state index contributed by atoms with van der Waals surface area (Å²) >= 11 is 3.31. The minimum absolute atomic E-state index is 0.177. The fraction of sp³-hybridized carbons (Fsp3) is 0.611. The second-order valence-electron chi connectivity index (χ2n) is 7.80. The van der Waals surface area contributed by atoms with Crippen LogP contribution in [0.2, 0.25) is 0 Å². The Labute approximate surface area is 181 Å². The van der Waals surface area contributed by atoms with E-state index in [1.807, 2.05) is 0 Å². The topological polar surface area (TPSA) is 107 Å². The van der Waals surface area contributed by atoms with Crippen LogP contribution in [0, 0.1) is 0 Å². The van der Waals surface area contributed by atoms with Crippen LogP contribution in [-0.4, -0.2) is 65.9 Å². The van der Waals surface area contributed by atoms with Crippen LogP contribution in [0.25, 0.3) is 0 Å². The fourth-order valence-corrected chi connectivity index (χ4v) is 4.52. The number of benzene rings is 1. The molecule has 1 aromatic carbocycles. The summed E-state index contributed by atoms with van der Waals surface area (Å²) < 4.78 is 59.4. The number of piperidine rings is 1. The highest BCUT2D eigenvalue weighted by atomic mass is 79.9. The van der Waals surface area contributed by atoms with E-state index < -0.39 is 27.8 Å². The van der Waals surface area contributed by atoms with Crippen LogP contribution < -0.4 is 5.32 Å². The number of halogens is 4. The Balaban J connectivity index is 0.000000396. The number of β-amino-alcohol motifs (C(OH)–C–C–N with tert-alkyl or cyclic N) is 1. The van der Waals surface area contributed by atoms with Gasteiger partial charge in [-0.05, 0) is 56.9 Å². The highest BCUT2D eigenvalue weighted by molar-refractivity contribution is 9.10. The van der Waals surface area contributed by atoms with Crippen molar-refractivity contribution in [3.8, 4) is 0 Å². The van der Waals surface area contributed by atoms with E-state index >= 15 is 0 Å². The highest BCUT2D eigenvalue weighted by Gasteiger charge is 2.42. The number of carboxylic acid groups (broad SMARTS) is 1. The first kappa shape index (κ1) is 25.1. The van der Waals surface area contributed by atoms with Crippen LogP contribution in [0.15, 0.2) is 33.6 Å². The minimum Gasteiger partial charge on any atom is -0.475 e. The zero-order chi connectivity index (χ0) is 22.8. The molecule has 0 atom stereocenters. The highest BCUT2D eigenvalue weighted by Crippen LogP contribution is 2.35. The summed E-state index contributed by atoms with van der Waals surface area (Å²) in [4.78, 5) is 9.20. The Kier molecular flexibility index (Phi) is 7.61. The molecule has 3 rings (SSSR count). The predicted molar refractivity (Wildman–Crippen MR) is 106 cm³/mol. The van der Waals surface area contributed by atoms with Crippen LogP contribution in [0.5, 0.6) is 0 Å². The van der Waals surface area contributed by atoms with Crippen molar-refractivity contribution in [1.82, 2.24) is 9.62 Å². The molecule has 170 valence electrons. The molecule has 12 heteroatoms. The zero-order valence-corrected chi connectivity index (χ0v) is 18.6. The second kappa shape index (κ2) is 9.11. The Bertz CT molecular complexity index is 850. The molecule has 0 aromatic heterocycles. The quantitative estimate of drug-likeness (QED) is 0.555. The first-order chi connectivity index (χ1) is 13.7. The molecule has 1 aliphatic heterocycles. The molecule has 30 heavy (non-hydrogen) atoms. The Morgan fingerprint density at radius 2 is 1.63 bits per heavy atom. The molecule has 0 radical (unpaired) electrons. The standard InChI is InChI=1S/C16H23BrN2O3S.C2HF3O2/c1-15(6-7-15)18-12-16(20)8-10-19(11-9-16)23(21,22)14-4-2-13(17)3-5-14;3-2(4,5)1(6)7/h2-5,18,20H,6-12H2,1H3;(H,6,7). The van der Waals surface area contributed by atoms with Gasteiger partial charge in [0.25, 0.3) is 0 Å². The lowest BCUT2D eigenvalue weighted by Crippen LogP contribution is -2.52. The molecule has 1 saturated carbocycles. The molecule has 1 aromatic rings. The number of aliphatic hydroxyl groups is 1. The summed E-state index contributed by atoms with van der Waals surface area (Å²) in [6, 6.07) is 6.67. The van der Waals surface area contributed by atoms with Crippen molar-refractivity contribution in [2.24, 2.45) is 0 Å². The molecule has 0 unspecified atom stereocenters. The molecular weight excluding hydrogens is 493 g/mol. The number of carbonyl (C=O) groups is 1. The van der Waals surface area contributed by atoms with Crippen LogP contribution in [0.1, 0.15) is 32.6 Å². The number of hydrogen-bond acceptors (Lipinski definition) is 5. The van der Waals surface area contributed by atoms with Crippen molar-refractivity contribution >= 4 is 31.9 Å². The van der Waals surface area contributed by atoms with Crippen molar-refractivity contribution in [2.75, 3.05) is 19.6 Å². The number of carboxylic acids is 1. The van der Waals surface area contributed by atoms with Gasteiger partial charge in [0.2, 0.25) is 10.0 Å². The maximum absolute atomic E-state index is 12.7. The van der Waals surface area contributed by atoms with Gasteiger partial charge in [-0.15, -0.1) is 0 Å². The lowest BCUT2D eigenvalue weighted by atomic mass is 9.92. The largest absolute Gasteiger partial charge is 0.490 e. The summed E-state index contributed by atoms with van der Waals surface area (Å²) in [5.74, 6) is -2.76. The number of sulfonamides is 1. The van der Waals surface area contributed by atoms with E-state index in [0.29, 0.717) is 37.4 Å². The number of nitrogens with one attached hydrogen (secondary N) is 1. The van der Waals surface area contributed by atoms with Crippen molar-refractivity contribution in [3.05, 3.63) is 28.7 Å². The smallest absolute Gasteiger partial charge is 0.475 e. The molecule has 0 spiro atoms. The van der Waals surface area contributed by atoms with Gasteiger partial charge in [0.05, 0.1) is 10.5 Å². The monoisotopic (exact) mass is 516 g/mol. The average Bonchev–Trinajstić information content (AvgIpc) is 3.39. The average molecular weight is 517 g/mol. The first-order valence-electron chi connectivity index (χ1n) is 9.20. The van der Waals surface area contributed by atoms with Gasteiger partial charge in [-0.3, -0.25) is 0 Å². The summed E-state index contributed by atoms with van der Waals surface area (Å²) in [5, 5.41) is 21.2. The summed E-state index contributed by atoms with van der Waals surface area (Å²) in [5.41, 5.74) is -0.631. The van der Waals surface area contributed by atoms with E-state index in [1.165, 1.54) is 4.31 Å². The van der Waals surface area contributed by atoms with Crippen molar-refractivity contribution in [3.63, 3.8) is 0 Å². The van der Waals surface area contributed by atoms with Gasteiger partial charge in [-0.2, -0.15) is 17.5 Å². The van der Waals surface area contributed by atoms with Gasteiger partial charge in [0.1, 0.15) is 0 Å². The number of nitrogens with zero attached hydrogens (tertiary/aromatic N) is 1. The van der Waals surface area contributed by atoms with Gasteiger partial charge < -0.3 is 15.5 Å². The van der Waals surface area contributed by atoms with Crippen LogP contribution >= 0.6 is 15.9 Å². The first-order valence-corrected chi connectivity index (χ1v) is 11.4. The summed E-state index contributed by atoms with van der Waals surface area (Å²) in [6.07, 6.45) is -1.86. The Morgan fingerprint density at radius 3 is 2.03 bits per heavy atom. The lowest BCUT2D eigenvalue weighted by Gasteiger charge is -2.38. The fourth-order valence-electron chi connectivity index (χ4n) is 2.82. The van der Waals surface area contributed by atoms with Crippen LogP contribution in [0.4, 0.5) is 13.2 Å². The van der Waals surface area contributed by atoms with E-state index in [2.05, 4.69) is 28.2 Å². The third-order valence-electron chi connectivity index (χ3n) is 5.19. The number of rotatable bonds is 5. The molecule has 0 amide bonds. The third kappa shape index (κ3) is 6.91. The van der Waals surface area contributed by atoms with E-state index in [-0.39, 0.29) is 5.54 Å². The van der Waals surface area contributed by atoms with Gasteiger partial charge in [0.15, 0.2) is 0 Å². The van der Waals surface area contributed by atoms with E-state index in [4.69, 9.17) is 9.90 Å². The van der Waals surface area contributed by atoms with Crippen molar-refractivity contribution in [1.29, 1.82) is 0 Å². The summed E-state index contributed by atoms with van der Waals surface area (Å²) in [7, 11) is -3.48. The minimum atomic E-state index is -5.08. The molecule has 3 N–H and O–H groups in total. The lowest BCUT2D eigenvalue weighted by molar-refractivity contribution is -0.192. The van der Waals surface area contributed by atoms with Crippen LogP contribution in [0.3, 0.4) is 0 Å². The third-order valence-corrected chi connectivity index (χ3v) is 7.63. The molecule has 7 nitrogen and oxygen atoms in total. The van der Waals surface area contributed by atoms with E-state index in [0.717, 1.165) is 17.3 Å². The number of aliphatic carboxylic acids is 1. The van der Waals surface area contributed by atoms with Crippen molar-refractivity contribution < 1.29 is 36.6 Å². The molecule has 1 heterocycles. The van der Waals surface area contributed by atoms with Crippen molar-refractivity contribution in [2.45, 2.75) is 54.8 Å². The van der Waals surface area contributed by atoms with E-state index in [1.54, 1.807) is 24.3 Å². The Hall–Kier alpha value is -1.21. The predicted octanol–water partition coefficient (Wildman–Crippen LogP) is 2.74. The number of hydrogen-bond donors (Lipinski definition) is 3. The maximum atomic E-state index is 12.7. The molecule has 2 aliphatic rings. The molecular formula is C18H24BrF3N2O5S. The second-order valence-corrected chi connectivity index (χ2v) is 10.7. The molecule has 0 bridgehead atoms. The number of alkyl halides is 3.